The van der Waals surface area contributed by atoms with Crippen LogP contribution in [0.2, 0.25) is 5.02 Å². The second kappa shape index (κ2) is 7.67. The lowest BCUT2D eigenvalue weighted by Crippen LogP contribution is -2.36. The number of hydrogen-bond acceptors (Lipinski definition) is 4. The topological polar surface area (TPSA) is 63.2 Å². The first-order chi connectivity index (χ1) is 10.8. The summed E-state index contributed by atoms with van der Waals surface area (Å²) in [7, 11) is -4.09. The molecule has 0 aliphatic rings. The van der Waals surface area contributed by atoms with Crippen LogP contribution in [0.25, 0.3) is 0 Å². The molecule has 2 rings (SSSR count). The van der Waals surface area contributed by atoms with Gasteiger partial charge in [0.1, 0.15) is 0 Å². The number of aromatic nitrogens is 2. The smallest absolute Gasteiger partial charge is 0.257 e. The fourth-order valence-electron chi connectivity index (χ4n) is 1.81. The molecule has 1 heterocycles. The third-order valence-electron chi connectivity index (χ3n) is 2.80. The van der Waals surface area contributed by atoms with E-state index in [9.17, 15) is 17.2 Å². The van der Waals surface area contributed by atoms with Crippen LogP contribution in [0.3, 0.4) is 0 Å². The van der Waals surface area contributed by atoms with Crippen molar-refractivity contribution in [2.45, 2.75) is 12.2 Å². The maximum atomic E-state index is 12.8. The van der Waals surface area contributed by atoms with Crippen LogP contribution in [0.1, 0.15) is 5.56 Å². The van der Waals surface area contributed by atoms with E-state index in [2.05, 4.69) is 9.97 Å². The summed E-state index contributed by atoms with van der Waals surface area (Å²) in [4.78, 5) is 7.52. The van der Waals surface area contributed by atoms with Gasteiger partial charge in [0.2, 0.25) is 10.0 Å². The van der Waals surface area contributed by atoms with Crippen molar-refractivity contribution in [2.24, 2.45) is 0 Å². The summed E-state index contributed by atoms with van der Waals surface area (Å²) in [6.07, 6.45) is 0.836. The molecule has 0 saturated heterocycles. The van der Waals surface area contributed by atoms with E-state index in [1.54, 1.807) is 18.2 Å². The minimum atomic E-state index is -4.09. The molecule has 1 aromatic heterocycles. The monoisotopic (exact) mass is 473 g/mol. The molecule has 10 heteroatoms. The van der Waals surface area contributed by atoms with Gasteiger partial charge in [-0.25, -0.2) is 26.5 Å². The molecule has 0 amide bonds. The molecule has 0 unspecified atom stereocenters. The molecule has 124 valence electrons. The van der Waals surface area contributed by atoms with Gasteiger partial charge in [0, 0.05) is 21.0 Å². The van der Waals surface area contributed by atoms with E-state index in [0.717, 1.165) is 9.77 Å². The van der Waals surface area contributed by atoms with Crippen LogP contribution in [-0.2, 0) is 15.8 Å². The molecule has 0 fully saturated rings. The van der Waals surface area contributed by atoms with Gasteiger partial charge in [-0.3, -0.25) is 4.98 Å². The second-order valence-electron chi connectivity index (χ2n) is 4.48. The molecule has 0 bridgehead atoms. The van der Waals surface area contributed by atoms with Crippen LogP contribution in [0.4, 0.5) is 14.6 Å². The van der Waals surface area contributed by atoms with Gasteiger partial charge < -0.3 is 0 Å². The van der Waals surface area contributed by atoms with Gasteiger partial charge in [-0.05, 0) is 40.3 Å². The fraction of sp³-hybridized carbons (Fsp3) is 0.231. The highest BCUT2D eigenvalue weighted by molar-refractivity contribution is 14.1. The van der Waals surface area contributed by atoms with Crippen molar-refractivity contribution in [3.63, 3.8) is 0 Å². The molecule has 0 spiro atoms. The third kappa shape index (κ3) is 4.95. The zero-order valence-electron chi connectivity index (χ0n) is 11.5. The lowest BCUT2D eigenvalue weighted by Gasteiger charge is -2.22. The van der Waals surface area contributed by atoms with Gasteiger partial charge >= 0.3 is 0 Å². The molecule has 0 atom stereocenters. The highest BCUT2D eigenvalue weighted by atomic mass is 127. The molecular formula is C13H11ClF2IN3O2S. The van der Waals surface area contributed by atoms with E-state index in [1.807, 2.05) is 22.6 Å². The van der Waals surface area contributed by atoms with Crippen LogP contribution < -0.4 is 4.31 Å². The number of nitrogens with zero attached hydrogens (tertiary/aromatic N) is 3. The average Bonchev–Trinajstić information content (AvgIpc) is 2.48. The van der Waals surface area contributed by atoms with Gasteiger partial charge in [0.25, 0.3) is 6.43 Å². The molecular weight excluding hydrogens is 463 g/mol. The molecule has 23 heavy (non-hydrogen) atoms. The summed E-state index contributed by atoms with van der Waals surface area (Å²) in [5.41, 5.74) is 0.329. The maximum Gasteiger partial charge on any atom is 0.257 e. The van der Waals surface area contributed by atoms with Crippen molar-refractivity contribution in [1.82, 2.24) is 9.97 Å². The zero-order valence-corrected chi connectivity index (χ0v) is 15.3. The first kappa shape index (κ1) is 18.3. The first-order valence-corrected chi connectivity index (χ1v) is 9.34. The molecule has 5 nitrogen and oxygen atoms in total. The van der Waals surface area contributed by atoms with E-state index in [4.69, 9.17) is 11.6 Å². The minimum Gasteiger partial charge on any atom is -0.259 e. The predicted octanol–water partition coefficient (Wildman–Crippen LogP) is 3.34. The van der Waals surface area contributed by atoms with Crippen LogP contribution in [0.15, 0.2) is 36.8 Å². The predicted molar refractivity (Wildman–Crippen MR) is 92.2 cm³/mol. The molecule has 0 radical (unpaired) electrons. The Balaban J connectivity index is 2.36. The van der Waals surface area contributed by atoms with Gasteiger partial charge in [0.15, 0.2) is 5.82 Å². The van der Waals surface area contributed by atoms with Crippen LogP contribution in [-0.4, -0.2) is 31.4 Å². The summed E-state index contributed by atoms with van der Waals surface area (Å²) in [6, 6.07) is 4.85. The fourth-order valence-corrected chi connectivity index (χ4v) is 4.33. The van der Waals surface area contributed by atoms with Gasteiger partial charge in [0.05, 0.1) is 18.5 Å². The Hall–Kier alpha value is -1.07. The molecule has 0 saturated carbocycles. The Bertz CT molecular complexity index is 778. The third-order valence-corrected chi connectivity index (χ3v) is 5.50. The number of sulfonamides is 1. The van der Waals surface area contributed by atoms with Crippen molar-refractivity contribution >= 4 is 50.0 Å². The summed E-state index contributed by atoms with van der Waals surface area (Å²) in [6.45, 7) is -0.997. The number of alkyl halides is 2. The molecule has 0 aliphatic carbocycles. The van der Waals surface area contributed by atoms with Crippen LogP contribution in [0, 0.1) is 3.57 Å². The molecule has 2 aromatic rings. The van der Waals surface area contributed by atoms with E-state index in [0.29, 0.717) is 9.87 Å². The Kier molecular flexibility index (Phi) is 6.09. The first-order valence-electron chi connectivity index (χ1n) is 6.28. The van der Waals surface area contributed by atoms with E-state index >= 15 is 0 Å². The van der Waals surface area contributed by atoms with E-state index < -0.39 is 28.7 Å². The number of benzene rings is 1. The SMILES string of the molecule is O=S(=O)(Cc1ccc(I)cc1Cl)N(CC(F)F)c1cnccn1. The van der Waals surface area contributed by atoms with Gasteiger partial charge in [-0.1, -0.05) is 17.7 Å². The molecule has 0 aliphatic heterocycles. The standard InChI is InChI=1S/C13H11ClF2IN3O2S/c14-11-5-10(17)2-1-9(11)8-23(21,22)20(7-12(15)16)13-6-18-3-4-19-13/h1-6,12H,7-8H2. The van der Waals surface area contributed by atoms with E-state index in [1.165, 1.54) is 12.4 Å². The quantitative estimate of drug-likeness (QED) is 0.604. The lowest BCUT2D eigenvalue weighted by atomic mass is 10.2. The van der Waals surface area contributed by atoms with Crippen molar-refractivity contribution in [1.29, 1.82) is 0 Å². The van der Waals surface area contributed by atoms with Crippen LogP contribution in [0.5, 0.6) is 0 Å². The summed E-state index contributed by atoms with van der Waals surface area (Å²) in [5, 5.41) is 0.261. The Morgan fingerprint density at radius 3 is 2.61 bits per heavy atom. The highest BCUT2D eigenvalue weighted by Crippen LogP contribution is 2.24. The number of rotatable bonds is 6. The van der Waals surface area contributed by atoms with Crippen molar-refractivity contribution < 1.29 is 17.2 Å². The number of hydrogen-bond donors (Lipinski definition) is 0. The number of anilines is 1. The van der Waals surface area contributed by atoms with Crippen molar-refractivity contribution in [2.75, 3.05) is 10.8 Å². The summed E-state index contributed by atoms with van der Waals surface area (Å²) >= 11 is 8.06. The van der Waals surface area contributed by atoms with Gasteiger partial charge in [-0.15, -0.1) is 0 Å². The van der Waals surface area contributed by atoms with Crippen molar-refractivity contribution in [3.05, 3.63) is 50.9 Å². The van der Waals surface area contributed by atoms with Crippen LogP contribution >= 0.6 is 34.2 Å². The molecule has 0 N–H and O–H groups in total. The highest BCUT2D eigenvalue weighted by Gasteiger charge is 2.28. The second-order valence-corrected chi connectivity index (χ2v) is 8.02. The Morgan fingerprint density at radius 2 is 2.04 bits per heavy atom. The van der Waals surface area contributed by atoms with Gasteiger partial charge in [-0.2, -0.15) is 0 Å². The summed E-state index contributed by atoms with van der Waals surface area (Å²) in [5.74, 6) is -0.666. The number of halogens is 4. The summed E-state index contributed by atoms with van der Waals surface area (Å²) < 4.78 is 52.1. The average molecular weight is 474 g/mol. The lowest BCUT2D eigenvalue weighted by molar-refractivity contribution is 0.159. The zero-order chi connectivity index (χ0) is 17.0. The normalized spacial score (nSPS) is 11.7. The van der Waals surface area contributed by atoms with Crippen molar-refractivity contribution in [3.8, 4) is 0 Å². The Morgan fingerprint density at radius 1 is 1.30 bits per heavy atom. The van der Waals surface area contributed by atoms with E-state index in [-0.39, 0.29) is 10.8 Å². The maximum absolute atomic E-state index is 12.8. The molecule has 1 aromatic carbocycles. The minimum absolute atomic E-state index is 0.158. The largest absolute Gasteiger partial charge is 0.259 e. The Labute approximate surface area is 150 Å².